The van der Waals surface area contributed by atoms with E-state index < -0.39 is 0 Å². The second-order valence-electron chi connectivity index (χ2n) is 8.82. The number of hydrogen-bond acceptors (Lipinski definition) is 5. The van der Waals surface area contributed by atoms with Gasteiger partial charge in [-0.05, 0) is 35.2 Å². The van der Waals surface area contributed by atoms with Crippen molar-refractivity contribution in [3.63, 3.8) is 0 Å². The van der Waals surface area contributed by atoms with Gasteiger partial charge in [-0.25, -0.2) is 4.98 Å². The molecule has 1 fully saturated rings. The maximum atomic E-state index is 12.6. The molecule has 2 N–H and O–H groups in total. The molecular weight excluding hydrogens is 410 g/mol. The van der Waals surface area contributed by atoms with E-state index in [0.717, 1.165) is 51.5 Å². The van der Waals surface area contributed by atoms with E-state index >= 15 is 0 Å². The van der Waals surface area contributed by atoms with Gasteiger partial charge >= 0.3 is 0 Å². The Balaban J connectivity index is 1.12. The van der Waals surface area contributed by atoms with Gasteiger partial charge in [-0.1, -0.05) is 54.6 Å². The van der Waals surface area contributed by atoms with Crippen LogP contribution in [0.1, 0.15) is 33.1 Å². The van der Waals surface area contributed by atoms with Crippen molar-refractivity contribution in [2.75, 3.05) is 44.2 Å². The largest absolute Gasteiger partial charge is 0.353 e. The highest BCUT2D eigenvalue weighted by Crippen LogP contribution is 2.21. The van der Waals surface area contributed by atoms with Gasteiger partial charge in [-0.15, -0.1) is 0 Å². The summed E-state index contributed by atoms with van der Waals surface area (Å²) in [6, 6.07) is 23.3. The SMILES string of the molecule is O=C(NCCN1CCc2ccccc2C1)c1ccc(N2CCN[C@@H](c3ccccc3)C2)nc1. The van der Waals surface area contributed by atoms with Crippen LogP contribution in [0.3, 0.4) is 0 Å². The van der Waals surface area contributed by atoms with Gasteiger partial charge in [-0.3, -0.25) is 9.69 Å². The number of carbonyl (C=O) groups excluding carboxylic acids is 1. The smallest absolute Gasteiger partial charge is 0.252 e. The van der Waals surface area contributed by atoms with Crippen LogP contribution in [0.15, 0.2) is 72.9 Å². The van der Waals surface area contributed by atoms with Crippen molar-refractivity contribution in [2.45, 2.75) is 19.0 Å². The summed E-state index contributed by atoms with van der Waals surface area (Å²) >= 11 is 0. The number of piperazine rings is 1. The molecule has 1 aromatic heterocycles. The summed E-state index contributed by atoms with van der Waals surface area (Å²) in [5, 5.41) is 6.64. The molecule has 1 atom stereocenters. The number of anilines is 1. The van der Waals surface area contributed by atoms with E-state index in [-0.39, 0.29) is 11.9 Å². The second kappa shape index (κ2) is 10.1. The topological polar surface area (TPSA) is 60.5 Å². The highest BCUT2D eigenvalue weighted by molar-refractivity contribution is 5.94. The van der Waals surface area contributed by atoms with Crippen molar-refractivity contribution in [3.8, 4) is 0 Å². The molecule has 2 aromatic carbocycles. The fraction of sp³-hybridized carbons (Fsp3) is 0.333. The predicted octanol–water partition coefficient (Wildman–Crippen LogP) is 3.02. The Morgan fingerprint density at radius 3 is 2.64 bits per heavy atom. The Morgan fingerprint density at radius 2 is 1.82 bits per heavy atom. The molecule has 3 heterocycles. The quantitative estimate of drug-likeness (QED) is 0.616. The number of amides is 1. The third kappa shape index (κ3) is 5.24. The molecule has 5 rings (SSSR count). The molecule has 6 heteroatoms. The normalized spacial score (nSPS) is 18.5. The first-order chi connectivity index (χ1) is 16.3. The Kier molecular flexibility index (Phi) is 6.65. The van der Waals surface area contributed by atoms with Crippen molar-refractivity contribution in [1.82, 2.24) is 20.5 Å². The lowest BCUT2D eigenvalue weighted by atomic mass is 10.00. The molecule has 0 radical (unpaired) electrons. The van der Waals surface area contributed by atoms with Gasteiger partial charge in [0, 0.05) is 58.1 Å². The van der Waals surface area contributed by atoms with E-state index in [9.17, 15) is 4.79 Å². The average Bonchev–Trinajstić information content (AvgIpc) is 2.89. The summed E-state index contributed by atoms with van der Waals surface area (Å²) in [7, 11) is 0. The second-order valence-corrected chi connectivity index (χ2v) is 8.82. The van der Waals surface area contributed by atoms with Crippen LogP contribution < -0.4 is 15.5 Å². The minimum Gasteiger partial charge on any atom is -0.353 e. The Labute approximate surface area is 195 Å². The fourth-order valence-corrected chi connectivity index (χ4v) is 4.75. The molecule has 2 aliphatic heterocycles. The van der Waals surface area contributed by atoms with Crippen molar-refractivity contribution in [2.24, 2.45) is 0 Å². The van der Waals surface area contributed by atoms with E-state index in [1.54, 1.807) is 6.20 Å². The molecule has 1 amide bonds. The average molecular weight is 442 g/mol. The van der Waals surface area contributed by atoms with Gasteiger partial charge in [0.1, 0.15) is 5.82 Å². The lowest BCUT2D eigenvalue weighted by Crippen LogP contribution is -2.46. The minimum absolute atomic E-state index is 0.0612. The first-order valence-electron chi connectivity index (χ1n) is 11.8. The van der Waals surface area contributed by atoms with Crippen molar-refractivity contribution < 1.29 is 4.79 Å². The molecule has 0 spiro atoms. The maximum Gasteiger partial charge on any atom is 0.252 e. The number of fused-ring (bicyclic) bond motifs is 1. The molecule has 0 saturated carbocycles. The van der Waals surface area contributed by atoms with Crippen molar-refractivity contribution in [1.29, 1.82) is 0 Å². The molecule has 0 unspecified atom stereocenters. The maximum absolute atomic E-state index is 12.6. The van der Waals surface area contributed by atoms with Crippen LogP contribution in [-0.2, 0) is 13.0 Å². The lowest BCUT2D eigenvalue weighted by Gasteiger charge is -2.34. The summed E-state index contributed by atoms with van der Waals surface area (Å²) in [6.07, 6.45) is 2.77. The van der Waals surface area contributed by atoms with Gasteiger partial charge in [-0.2, -0.15) is 0 Å². The van der Waals surface area contributed by atoms with Crippen LogP contribution in [0.4, 0.5) is 5.82 Å². The lowest BCUT2D eigenvalue weighted by molar-refractivity contribution is 0.0947. The van der Waals surface area contributed by atoms with Crippen LogP contribution >= 0.6 is 0 Å². The van der Waals surface area contributed by atoms with E-state index in [1.807, 2.05) is 18.2 Å². The Morgan fingerprint density at radius 1 is 1.00 bits per heavy atom. The van der Waals surface area contributed by atoms with Gasteiger partial charge < -0.3 is 15.5 Å². The minimum atomic E-state index is -0.0612. The number of nitrogens with one attached hydrogen (secondary N) is 2. The van der Waals surface area contributed by atoms with Crippen LogP contribution in [0.25, 0.3) is 0 Å². The zero-order valence-electron chi connectivity index (χ0n) is 18.9. The van der Waals surface area contributed by atoms with Crippen LogP contribution in [0, 0.1) is 0 Å². The van der Waals surface area contributed by atoms with Gasteiger partial charge in [0.15, 0.2) is 0 Å². The number of benzene rings is 2. The van der Waals surface area contributed by atoms with Gasteiger partial charge in [0.05, 0.1) is 5.56 Å². The first kappa shape index (κ1) is 21.6. The summed E-state index contributed by atoms with van der Waals surface area (Å²) < 4.78 is 0. The molecule has 33 heavy (non-hydrogen) atoms. The standard InChI is InChI=1S/C27H31N5O/c33-27(29-13-16-31-15-12-21-6-4-5-9-24(21)19-31)23-10-11-26(30-18-23)32-17-14-28-25(20-32)22-7-2-1-3-8-22/h1-11,18,25,28H,12-17,19-20H2,(H,29,33)/t25-/m1/s1. The monoisotopic (exact) mass is 441 g/mol. The Hall–Kier alpha value is -3.22. The number of rotatable bonds is 6. The third-order valence-electron chi connectivity index (χ3n) is 6.63. The molecular formula is C27H31N5O. The van der Waals surface area contributed by atoms with Crippen LogP contribution in [0.2, 0.25) is 0 Å². The highest BCUT2D eigenvalue weighted by atomic mass is 16.1. The summed E-state index contributed by atoms with van der Waals surface area (Å²) in [5.74, 6) is 0.856. The zero-order chi connectivity index (χ0) is 22.5. The molecule has 170 valence electrons. The van der Waals surface area contributed by atoms with Crippen molar-refractivity contribution in [3.05, 3.63) is 95.2 Å². The van der Waals surface area contributed by atoms with Crippen LogP contribution in [0.5, 0.6) is 0 Å². The van der Waals surface area contributed by atoms with Gasteiger partial charge in [0.2, 0.25) is 0 Å². The fourth-order valence-electron chi connectivity index (χ4n) is 4.75. The highest BCUT2D eigenvalue weighted by Gasteiger charge is 2.22. The van der Waals surface area contributed by atoms with E-state index in [2.05, 4.69) is 73.9 Å². The number of nitrogens with zero attached hydrogens (tertiary/aromatic N) is 3. The summed E-state index contributed by atoms with van der Waals surface area (Å²) in [5.41, 5.74) is 4.74. The number of aromatic nitrogens is 1. The molecule has 0 aliphatic carbocycles. The van der Waals surface area contributed by atoms with E-state index in [4.69, 9.17) is 0 Å². The van der Waals surface area contributed by atoms with Crippen LogP contribution in [-0.4, -0.2) is 55.1 Å². The van der Waals surface area contributed by atoms with Crippen molar-refractivity contribution >= 4 is 11.7 Å². The molecule has 1 saturated heterocycles. The predicted molar refractivity (Wildman–Crippen MR) is 131 cm³/mol. The number of carbonyl (C=O) groups is 1. The first-order valence-corrected chi connectivity index (χ1v) is 11.8. The molecule has 0 bridgehead atoms. The molecule has 3 aromatic rings. The number of pyridine rings is 1. The zero-order valence-corrected chi connectivity index (χ0v) is 18.9. The van der Waals surface area contributed by atoms with E-state index in [1.165, 1.54) is 16.7 Å². The molecule has 2 aliphatic rings. The Bertz CT molecular complexity index is 1070. The third-order valence-corrected chi connectivity index (χ3v) is 6.63. The summed E-state index contributed by atoms with van der Waals surface area (Å²) in [4.78, 5) is 21.9. The van der Waals surface area contributed by atoms with Gasteiger partial charge in [0.25, 0.3) is 5.91 Å². The van der Waals surface area contributed by atoms with E-state index in [0.29, 0.717) is 12.1 Å². The summed E-state index contributed by atoms with van der Waals surface area (Å²) in [6.45, 7) is 6.16. The molecule has 6 nitrogen and oxygen atoms in total. The number of hydrogen-bond donors (Lipinski definition) is 2.